The SMILES string of the molecule is CCc1noc(C)c1-c1noc([C@H]2OCC(=O)N(CC)[C@@H]2c2cnn(C)c2)n1. The van der Waals surface area contributed by atoms with Crippen LogP contribution in [0.3, 0.4) is 0 Å². The number of likely N-dealkylation sites (N-methyl/N-ethyl adjacent to an activating group) is 1. The van der Waals surface area contributed by atoms with E-state index < -0.39 is 12.1 Å². The highest BCUT2D eigenvalue weighted by Gasteiger charge is 2.42. The van der Waals surface area contributed by atoms with Crippen LogP contribution in [0.5, 0.6) is 0 Å². The lowest BCUT2D eigenvalue weighted by atomic mass is 10.0. The number of rotatable bonds is 5. The lowest BCUT2D eigenvalue weighted by Gasteiger charge is -2.38. The molecule has 3 aromatic heterocycles. The van der Waals surface area contributed by atoms with Crippen molar-refractivity contribution >= 4 is 5.91 Å². The van der Waals surface area contributed by atoms with Crippen molar-refractivity contribution in [3.63, 3.8) is 0 Å². The van der Waals surface area contributed by atoms with Crippen molar-refractivity contribution in [3.8, 4) is 11.4 Å². The van der Waals surface area contributed by atoms with Crippen LogP contribution in [-0.4, -0.2) is 49.0 Å². The van der Waals surface area contributed by atoms with Gasteiger partial charge in [-0.3, -0.25) is 9.48 Å². The molecule has 0 spiro atoms. The highest BCUT2D eigenvalue weighted by Crippen LogP contribution is 2.40. The topological polar surface area (TPSA) is 112 Å². The van der Waals surface area contributed by atoms with E-state index in [4.69, 9.17) is 13.8 Å². The number of hydrogen-bond acceptors (Lipinski definition) is 8. The summed E-state index contributed by atoms with van der Waals surface area (Å²) < 4.78 is 18.3. The minimum Gasteiger partial charge on any atom is -0.361 e. The van der Waals surface area contributed by atoms with Crippen molar-refractivity contribution in [1.29, 1.82) is 0 Å². The van der Waals surface area contributed by atoms with E-state index in [1.165, 1.54) is 0 Å². The smallest absolute Gasteiger partial charge is 0.258 e. The summed E-state index contributed by atoms with van der Waals surface area (Å²) in [6, 6.07) is -0.400. The van der Waals surface area contributed by atoms with Crippen molar-refractivity contribution in [2.75, 3.05) is 13.2 Å². The minimum atomic E-state index is -0.589. The summed E-state index contributed by atoms with van der Waals surface area (Å²) in [7, 11) is 1.83. The number of carbonyl (C=O) groups excluding carboxylic acids is 1. The van der Waals surface area contributed by atoms with Crippen molar-refractivity contribution < 1.29 is 18.6 Å². The second kappa shape index (κ2) is 7.19. The highest BCUT2D eigenvalue weighted by atomic mass is 16.5. The molecule has 10 nitrogen and oxygen atoms in total. The molecule has 4 rings (SSSR count). The normalized spacial score (nSPS) is 20.1. The lowest BCUT2D eigenvalue weighted by molar-refractivity contribution is -0.160. The summed E-state index contributed by atoms with van der Waals surface area (Å²) in [5.74, 6) is 1.25. The number of nitrogens with zero attached hydrogens (tertiary/aromatic N) is 6. The van der Waals surface area contributed by atoms with E-state index in [0.717, 1.165) is 16.8 Å². The second-order valence-corrected chi connectivity index (χ2v) is 6.67. The van der Waals surface area contributed by atoms with Gasteiger partial charge < -0.3 is 18.7 Å². The number of ether oxygens (including phenoxy) is 1. The maximum atomic E-state index is 12.4. The second-order valence-electron chi connectivity index (χ2n) is 6.67. The average molecular weight is 386 g/mol. The molecule has 3 aromatic rings. The minimum absolute atomic E-state index is 0.0422. The fourth-order valence-corrected chi connectivity index (χ4v) is 3.58. The van der Waals surface area contributed by atoms with Crippen LogP contribution in [0.4, 0.5) is 0 Å². The third kappa shape index (κ3) is 2.99. The zero-order valence-corrected chi connectivity index (χ0v) is 16.2. The van der Waals surface area contributed by atoms with Crippen LogP contribution in [0, 0.1) is 6.92 Å². The number of morpholine rings is 1. The van der Waals surface area contributed by atoms with Crippen molar-refractivity contribution in [1.82, 2.24) is 30.0 Å². The van der Waals surface area contributed by atoms with Crippen LogP contribution in [0.2, 0.25) is 0 Å². The van der Waals surface area contributed by atoms with E-state index in [9.17, 15) is 4.79 Å². The largest absolute Gasteiger partial charge is 0.361 e. The van der Waals surface area contributed by atoms with Gasteiger partial charge in [-0.15, -0.1) is 0 Å². The molecule has 0 radical (unpaired) electrons. The molecule has 28 heavy (non-hydrogen) atoms. The van der Waals surface area contributed by atoms with Crippen LogP contribution in [-0.2, 0) is 23.0 Å². The molecule has 0 bridgehead atoms. The summed E-state index contributed by atoms with van der Waals surface area (Å²) in [4.78, 5) is 18.7. The molecule has 0 unspecified atom stereocenters. The summed E-state index contributed by atoms with van der Waals surface area (Å²) in [5, 5.41) is 12.4. The first-order chi connectivity index (χ1) is 13.5. The van der Waals surface area contributed by atoms with E-state index >= 15 is 0 Å². The quantitative estimate of drug-likeness (QED) is 0.654. The Balaban J connectivity index is 1.73. The fourth-order valence-electron chi connectivity index (χ4n) is 3.58. The zero-order valence-electron chi connectivity index (χ0n) is 16.2. The van der Waals surface area contributed by atoms with Crippen LogP contribution in [0.25, 0.3) is 11.4 Å². The Morgan fingerprint density at radius 1 is 1.25 bits per heavy atom. The van der Waals surface area contributed by atoms with Gasteiger partial charge in [0, 0.05) is 25.4 Å². The molecule has 0 N–H and O–H groups in total. The summed E-state index contributed by atoms with van der Waals surface area (Å²) in [6.45, 7) is 6.21. The molecule has 1 aliphatic heterocycles. The van der Waals surface area contributed by atoms with Gasteiger partial charge in [-0.1, -0.05) is 17.2 Å². The Kier molecular flexibility index (Phi) is 4.71. The predicted octanol–water partition coefficient (Wildman–Crippen LogP) is 1.99. The first kappa shape index (κ1) is 18.4. The van der Waals surface area contributed by atoms with Gasteiger partial charge in [0.05, 0.1) is 23.5 Å². The Labute approximate surface area is 161 Å². The molecule has 0 aromatic carbocycles. The number of amides is 1. The molecule has 1 saturated heterocycles. The molecular formula is C18H22N6O4. The van der Waals surface area contributed by atoms with E-state index in [0.29, 0.717) is 30.4 Å². The number of carbonyl (C=O) groups is 1. The summed E-state index contributed by atoms with van der Waals surface area (Å²) in [6.07, 6.45) is 3.68. The molecule has 0 aliphatic carbocycles. The predicted molar refractivity (Wildman–Crippen MR) is 95.9 cm³/mol. The first-order valence-electron chi connectivity index (χ1n) is 9.22. The molecule has 1 aliphatic rings. The van der Waals surface area contributed by atoms with Gasteiger partial charge in [-0.05, 0) is 20.3 Å². The van der Waals surface area contributed by atoms with Gasteiger partial charge in [0.15, 0.2) is 6.10 Å². The standard InChI is InChI=1S/C18H22N6O4/c1-5-12-14(10(3)27-21-12)17-20-18(28-22-17)16-15(11-7-19-23(4)8-11)24(6-2)13(25)9-26-16/h7-8,15-16H,5-6,9H2,1-4H3/t15-,16+/m1/s1. The van der Waals surface area contributed by atoms with Gasteiger partial charge in [0.25, 0.3) is 5.89 Å². The van der Waals surface area contributed by atoms with E-state index in [1.54, 1.807) is 15.8 Å². The third-order valence-corrected chi connectivity index (χ3v) is 4.91. The maximum absolute atomic E-state index is 12.4. The van der Waals surface area contributed by atoms with Gasteiger partial charge in [0.1, 0.15) is 12.4 Å². The lowest BCUT2D eigenvalue weighted by Crippen LogP contribution is -2.45. The number of aromatic nitrogens is 5. The van der Waals surface area contributed by atoms with Crippen LogP contribution in [0.1, 0.15) is 48.9 Å². The van der Waals surface area contributed by atoms with Gasteiger partial charge in [-0.25, -0.2) is 0 Å². The van der Waals surface area contributed by atoms with Crippen molar-refractivity contribution in [2.24, 2.45) is 7.05 Å². The van der Waals surface area contributed by atoms with Crippen LogP contribution >= 0.6 is 0 Å². The molecule has 10 heteroatoms. The molecule has 1 fully saturated rings. The molecule has 1 amide bonds. The molecular weight excluding hydrogens is 364 g/mol. The van der Waals surface area contributed by atoms with Gasteiger partial charge in [-0.2, -0.15) is 10.1 Å². The Hall–Kier alpha value is -3.01. The van der Waals surface area contributed by atoms with Crippen LogP contribution < -0.4 is 0 Å². The molecule has 4 heterocycles. The van der Waals surface area contributed by atoms with E-state index in [2.05, 4.69) is 20.4 Å². The molecule has 148 valence electrons. The van der Waals surface area contributed by atoms with Crippen LogP contribution in [0.15, 0.2) is 21.4 Å². The average Bonchev–Trinajstić information content (AvgIpc) is 3.41. The maximum Gasteiger partial charge on any atom is 0.258 e. The van der Waals surface area contributed by atoms with E-state index in [-0.39, 0.29) is 12.5 Å². The monoisotopic (exact) mass is 386 g/mol. The van der Waals surface area contributed by atoms with E-state index in [1.807, 2.05) is 34.0 Å². The Morgan fingerprint density at radius 2 is 2.07 bits per heavy atom. The van der Waals surface area contributed by atoms with Crippen molar-refractivity contribution in [3.05, 3.63) is 35.3 Å². The van der Waals surface area contributed by atoms with Gasteiger partial charge >= 0.3 is 0 Å². The highest BCUT2D eigenvalue weighted by molar-refractivity contribution is 5.78. The third-order valence-electron chi connectivity index (χ3n) is 4.91. The molecule has 0 saturated carbocycles. The zero-order chi connectivity index (χ0) is 19.8. The fraction of sp³-hybridized carbons (Fsp3) is 0.500. The molecule has 2 atom stereocenters. The van der Waals surface area contributed by atoms with Crippen molar-refractivity contribution in [2.45, 2.75) is 39.3 Å². The van der Waals surface area contributed by atoms with Gasteiger partial charge in [0.2, 0.25) is 11.7 Å². The number of aryl methyl sites for hydroxylation is 3. The summed E-state index contributed by atoms with van der Waals surface area (Å²) in [5.41, 5.74) is 2.34. The Morgan fingerprint density at radius 3 is 2.75 bits per heavy atom. The summed E-state index contributed by atoms with van der Waals surface area (Å²) >= 11 is 0. The number of hydrogen-bond donors (Lipinski definition) is 0. The first-order valence-corrected chi connectivity index (χ1v) is 9.22. The Bertz CT molecular complexity index is 990.